The summed E-state index contributed by atoms with van der Waals surface area (Å²) in [5.41, 5.74) is 0. The van der Waals surface area contributed by atoms with Gasteiger partial charge in [-0.3, -0.25) is 4.79 Å². The SMILES string of the molecule is CCCCCCCCC=CCCCCCCCC(=O)OC(O)(CC)N(C(C)O)C(C)O. The van der Waals surface area contributed by atoms with Crippen LogP contribution in [0.4, 0.5) is 0 Å². The standard InChI is InChI=1S/C25H49NO5/c1-5-7-8-9-10-11-12-13-14-15-16-17-18-19-20-21-24(29)31-25(30,6-2)26(22(3)27)23(4)28/h13-14,22-23,27-28,30H,5-12,15-21H2,1-4H3. The fourth-order valence-electron chi connectivity index (χ4n) is 3.78. The van der Waals surface area contributed by atoms with Gasteiger partial charge in [-0.1, -0.05) is 77.4 Å². The molecule has 3 atom stereocenters. The first-order valence-electron chi connectivity index (χ1n) is 12.5. The number of esters is 1. The lowest BCUT2D eigenvalue weighted by molar-refractivity contribution is -0.333. The Kier molecular flexibility index (Phi) is 18.0. The molecule has 0 bridgehead atoms. The van der Waals surface area contributed by atoms with Gasteiger partial charge >= 0.3 is 5.97 Å². The normalized spacial score (nSPS) is 15.9. The molecule has 6 heteroatoms. The van der Waals surface area contributed by atoms with E-state index in [-0.39, 0.29) is 12.8 Å². The summed E-state index contributed by atoms with van der Waals surface area (Å²) in [5, 5.41) is 30.2. The molecule has 0 radical (unpaired) electrons. The first-order chi connectivity index (χ1) is 14.8. The van der Waals surface area contributed by atoms with Crippen molar-refractivity contribution in [3.63, 3.8) is 0 Å². The smallest absolute Gasteiger partial charge is 0.309 e. The molecule has 3 unspecified atom stereocenters. The highest BCUT2D eigenvalue weighted by Gasteiger charge is 2.41. The van der Waals surface area contributed by atoms with Gasteiger partial charge in [0, 0.05) is 12.8 Å². The third-order valence-corrected chi connectivity index (χ3v) is 5.59. The molecule has 0 rings (SSSR count). The minimum absolute atomic E-state index is 0.0426. The summed E-state index contributed by atoms with van der Waals surface area (Å²) in [7, 11) is 0. The van der Waals surface area contributed by atoms with Gasteiger partial charge in [-0.05, 0) is 46.0 Å². The van der Waals surface area contributed by atoms with E-state index in [0.717, 1.165) is 30.6 Å². The maximum absolute atomic E-state index is 12.1. The third-order valence-electron chi connectivity index (χ3n) is 5.59. The van der Waals surface area contributed by atoms with Crippen molar-refractivity contribution in [2.24, 2.45) is 0 Å². The van der Waals surface area contributed by atoms with Crippen molar-refractivity contribution in [2.45, 2.75) is 142 Å². The predicted molar refractivity (Wildman–Crippen MR) is 126 cm³/mol. The van der Waals surface area contributed by atoms with Crippen molar-refractivity contribution in [1.29, 1.82) is 0 Å². The first-order valence-corrected chi connectivity index (χ1v) is 12.5. The quantitative estimate of drug-likeness (QED) is 0.0982. The van der Waals surface area contributed by atoms with Gasteiger partial charge < -0.3 is 20.1 Å². The molecule has 0 aliphatic carbocycles. The fourth-order valence-corrected chi connectivity index (χ4v) is 3.78. The number of nitrogens with zero attached hydrogens (tertiary/aromatic N) is 1. The molecule has 0 aromatic heterocycles. The van der Waals surface area contributed by atoms with Crippen LogP contribution in [0.1, 0.15) is 124 Å². The number of ether oxygens (including phenoxy) is 1. The zero-order valence-corrected chi connectivity index (χ0v) is 20.5. The van der Waals surface area contributed by atoms with E-state index < -0.39 is 24.3 Å². The van der Waals surface area contributed by atoms with Gasteiger partial charge in [0.2, 0.25) is 0 Å². The van der Waals surface area contributed by atoms with Crippen LogP contribution in [0.25, 0.3) is 0 Å². The molecule has 0 amide bonds. The molecule has 0 saturated carbocycles. The van der Waals surface area contributed by atoms with Crippen LogP contribution in [0, 0.1) is 0 Å². The van der Waals surface area contributed by atoms with Gasteiger partial charge in [0.1, 0.15) is 12.5 Å². The molecule has 3 N–H and O–H groups in total. The Hall–Kier alpha value is -0.950. The third kappa shape index (κ3) is 14.7. The Morgan fingerprint density at radius 1 is 0.839 bits per heavy atom. The number of allylic oxidation sites excluding steroid dienone is 2. The van der Waals surface area contributed by atoms with Crippen LogP contribution < -0.4 is 0 Å². The van der Waals surface area contributed by atoms with E-state index in [1.54, 1.807) is 6.92 Å². The summed E-state index contributed by atoms with van der Waals surface area (Å²) in [6.07, 6.45) is 18.0. The van der Waals surface area contributed by atoms with Crippen LogP contribution in [-0.2, 0) is 9.53 Å². The lowest BCUT2D eigenvalue weighted by Gasteiger charge is -2.41. The molecule has 0 fully saturated rings. The molecule has 0 saturated heterocycles. The molecule has 0 heterocycles. The Balaban J connectivity index is 3.82. The predicted octanol–water partition coefficient (Wildman–Crippen LogP) is 5.60. The molecule has 31 heavy (non-hydrogen) atoms. The second-order valence-electron chi connectivity index (χ2n) is 8.58. The Labute approximate surface area is 190 Å². The van der Waals surface area contributed by atoms with Gasteiger partial charge in [-0.2, -0.15) is 4.90 Å². The molecule has 6 nitrogen and oxygen atoms in total. The number of carbonyl (C=O) groups is 1. The van der Waals surface area contributed by atoms with Crippen LogP contribution in [0.2, 0.25) is 0 Å². The van der Waals surface area contributed by atoms with Crippen molar-refractivity contribution < 1.29 is 24.9 Å². The number of aliphatic hydroxyl groups excluding tert-OH is 2. The highest BCUT2D eigenvalue weighted by molar-refractivity contribution is 5.69. The Morgan fingerprint density at radius 3 is 1.74 bits per heavy atom. The number of hydrogen-bond donors (Lipinski definition) is 3. The average Bonchev–Trinajstić information content (AvgIpc) is 2.70. The second kappa shape index (κ2) is 18.6. The summed E-state index contributed by atoms with van der Waals surface area (Å²) < 4.78 is 5.20. The molecular formula is C25H49NO5. The summed E-state index contributed by atoms with van der Waals surface area (Å²) in [4.78, 5) is 13.1. The van der Waals surface area contributed by atoms with Crippen LogP contribution in [0.5, 0.6) is 0 Å². The van der Waals surface area contributed by atoms with Gasteiger partial charge in [-0.15, -0.1) is 0 Å². The monoisotopic (exact) mass is 443 g/mol. The number of rotatable bonds is 20. The van der Waals surface area contributed by atoms with Gasteiger partial charge in [0.15, 0.2) is 0 Å². The first kappa shape index (κ1) is 30.0. The van der Waals surface area contributed by atoms with Gasteiger partial charge in [-0.25, -0.2) is 0 Å². The number of hydrogen-bond acceptors (Lipinski definition) is 6. The van der Waals surface area contributed by atoms with Crippen molar-refractivity contribution in [2.75, 3.05) is 0 Å². The highest BCUT2D eigenvalue weighted by atomic mass is 16.7. The van der Waals surface area contributed by atoms with Crippen molar-refractivity contribution in [3.8, 4) is 0 Å². The minimum atomic E-state index is -2.01. The average molecular weight is 444 g/mol. The maximum Gasteiger partial charge on any atom is 0.309 e. The van der Waals surface area contributed by atoms with Crippen LogP contribution >= 0.6 is 0 Å². The summed E-state index contributed by atoms with van der Waals surface area (Å²) in [6.45, 7) is 6.69. The number of carbonyl (C=O) groups excluding carboxylic acids is 1. The fraction of sp³-hybridized carbons (Fsp3) is 0.880. The van der Waals surface area contributed by atoms with Crippen molar-refractivity contribution in [1.82, 2.24) is 4.90 Å². The van der Waals surface area contributed by atoms with E-state index in [0.29, 0.717) is 6.42 Å². The molecule has 184 valence electrons. The van der Waals surface area contributed by atoms with Crippen molar-refractivity contribution in [3.05, 3.63) is 12.2 Å². The van der Waals surface area contributed by atoms with Crippen LogP contribution in [0.15, 0.2) is 12.2 Å². The highest BCUT2D eigenvalue weighted by Crippen LogP contribution is 2.24. The maximum atomic E-state index is 12.1. The summed E-state index contributed by atoms with van der Waals surface area (Å²) in [6, 6.07) is 0. The molecule has 0 aliphatic rings. The number of unbranched alkanes of at least 4 members (excludes halogenated alkanes) is 11. The van der Waals surface area contributed by atoms with E-state index in [9.17, 15) is 20.1 Å². The van der Waals surface area contributed by atoms with E-state index in [1.165, 1.54) is 65.2 Å². The molecule has 0 aliphatic heterocycles. The molecule has 0 aromatic carbocycles. The Morgan fingerprint density at radius 2 is 1.29 bits per heavy atom. The zero-order chi connectivity index (χ0) is 23.5. The van der Waals surface area contributed by atoms with Crippen LogP contribution in [0.3, 0.4) is 0 Å². The largest absolute Gasteiger partial charge is 0.419 e. The van der Waals surface area contributed by atoms with E-state index in [1.807, 2.05) is 0 Å². The van der Waals surface area contributed by atoms with Gasteiger partial charge in [0.05, 0.1) is 0 Å². The number of aliphatic hydroxyl groups is 3. The lowest BCUT2D eigenvalue weighted by Crippen LogP contribution is -2.58. The minimum Gasteiger partial charge on any atom is -0.419 e. The topological polar surface area (TPSA) is 90.2 Å². The molecule has 0 aromatic rings. The van der Waals surface area contributed by atoms with Gasteiger partial charge in [0.25, 0.3) is 5.91 Å². The summed E-state index contributed by atoms with van der Waals surface area (Å²) in [5.74, 6) is -2.53. The van der Waals surface area contributed by atoms with Crippen molar-refractivity contribution >= 4 is 5.97 Å². The van der Waals surface area contributed by atoms with E-state index in [2.05, 4.69) is 19.1 Å². The Bertz CT molecular complexity index is 459. The zero-order valence-electron chi connectivity index (χ0n) is 20.5. The molecule has 0 spiro atoms. The lowest BCUT2D eigenvalue weighted by atomic mass is 10.1. The van der Waals surface area contributed by atoms with Crippen LogP contribution in [-0.4, -0.2) is 44.6 Å². The second-order valence-corrected chi connectivity index (χ2v) is 8.58. The molecular weight excluding hydrogens is 394 g/mol. The van der Waals surface area contributed by atoms with E-state index >= 15 is 0 Å². The van der Waals surface area contributed by atoms with E-state index in [4.69, 9.17) is 4.74 Å². The summed E-state index contributed by atoms with van der Waals surface area (Å²) >= 11 is 0.